The smallest absolute Gasteiger partial charge is 0.453 e. The number of rotatable bonds is 13. The molecule has 0 spiro atoms. The first-order valence-corrected chi connectivity index (χ1v) is 15.2. The van der Waals surface area contributed by atoms with Crippen LogP contribution in [0.5, 0.6) is 23.0 Å². The molecular weight excluding hydrogens is 579 g/mol. The fourth-order valence-electron chi connectivity index (χ4n) is 5.05. The number of fused-ring (bicyclic) bond motifs is 1. The van der Waals surface area contributed by atoms with Crippen LogP contribution in [-0.2, 0) is 10.8 Å². The molecule has 3 unspecified atom stereocenters. The molecule has 1 aliphatic heterocycles. The molecule has 4 rings (SSSR count). The molecule has 0 saturated carbocycles. The monoisotopic (exact) mass is 612 g/mol. The van der Waals surface area contributed by atoms with E-state index in [1.54, 1.807) is 24.3 Å². The predicted molar refractivity (Wildman–Crippen MR) is 150 cm³/mol. The Hall–Kier alpha value is -3.34. The highest BCUT2D eigenvalue weighted by molar-refractivity contribution is 7.84. The number of hydrogen-bond acceptors (Lipinski definition) is 5. The molecule has 5 nitrogen and oxygen atoms in total. The lowest BCUT2D eigenvalue weighted by molar-refractivity contribution is -0.284. The van der Waals surface area contributed by atoms with Crippen LogP contribution in [0.25, 0.3) is 0 Å². The normalized spacial score (nSPS) is 17.7. The number of hydrogen-bond donors (Lipinski definition) is 2. The van der Waals surface area contributed by atoms with Crippen LogP contribution in [0.15, 0.2) is 66.7 Å². The summed E-state index contributed by atoms with van der Waals surface area (Å²) >= 11 is 0. The molecule has 0 saturated heterocycles. The Morgan fingerprint density at radius 3 is 2.29 bits per heavy atom. The minimum atomic E-state index is -5.58. The minimum Gasteiger partial charge on any atom is -0.508 e. The molecule has 11 heteroatoms. The largest absolute Gasteiger partial charge is 0.508 e. The highest BCUT2D eigenvalue weighted by Gasteiger charge is 2.56. The van der Waals surface area contributed by atoms with Gasteiger partial charge in [-0.25, -0.2) is 0 Å². The molecule has 1 heterocycles. The van der Waals surface area contributed by atoms with Crippen molar-refractivity contribution in [3.05, 3.63) is 83.4 Å². The zero-order valence-electron chi connectivity index (χ0n) is 22.8. The van der Waals surface area contributed by atoms with E-state index in [4.69, 9.17) is 9.47 Å². The molecule has 0 radical (unpaired) electrons. The van der Waals surface area contributed by atoms with Crippen LogP contribution < -0.4 is 9.47 Å². The van der Waals surface area contributed by atoms with Crippen LogP contribution in [0.4, 0.5) is 22.0 Å². The fourth-order valence-corrected chi connectivity index (χ4v) is 6.24. The number of alkyl halides is 5. The number of halogens is 5. The molecule has 0 bridgehead atoms. The van der Waals surface area contributed by atoms with Gasteiger partial charge in [0.15, 0.2) is 0 Å². The van der Waals surface area contributed by atoms with E-state index >= 15 is 0 Å². The van der Waals surface area contributed by atoms with Crippen molar-refractivity contribution in [2.75, 3.05) is 24.7 Å². The summed E-state index contributed by atoms with van der Waals surface area (Å²) in [6, 6.07) is 19.8. The first-order chi connectivity index (χ1) is 19.9. The third-order valence-electron chi connectivity index (χ3n) is 7.25. The quantitative estimate of drug-likeness (QED) is 0.153. The minimum absolute atomic E-state index is 0.0570. The average Bonchev–Trinajstić information content (AvgIpc) is 2.94. The molecule has 3 aromatic carbocycles. The molecule has 1 aliphatic rings. The van der Waals surface area contributed by atoms with Crippen LogP contribution in [0.2, 0.25) is 0 Å². The molecule has 0 amide bonds. The Morgan fingerprint density at radius 1 is 0.833 bits per heavy atom. The van der Waals surface area contributed by atoms with Gasteiger partial charge in [-0.2, -0.15) is 22.0 Å². The zero-order valence-corrected chi connectivity index (χ0v) is 23.6. The third-order valence-corrected chi connectivity index (χ3v) is 8.74. The first kappa shape index (κ1) is 31.6. The fraction of sp³-hybridized carbons (Fsp3) is 0.419. The first-order valence-electron chi connectivity index (χ1n) is 13.7. The average molecular weight is 613 g/mol. The Labute approximate surface area is 243 Å². The number of unbranched alkanes of at least 4 members (excludes halogenated alkanes) is 2. The van der Waals surface area contributed by atoms with Crippen LogP contribution in [-0.4, -0.2) is 51.2 Å². The van der Waals surface area contributed by atoms with Gasteiger partial charge in [0.1, 0.15) is 23.0 Å². The van der Waals surface area contributed by atoms with Crippen molar-refractivity contribution in [1.29, 1.82) is 0 Å². The third kappa shape index (κ3) is 8.14. The second kappa shape index (κ2) is 13.8. The lowest BCUT2D eigenvalue weighted by atomic mass is 9.76. The molecule has 3 aromatic rings. The number of aromatic hydroxyl groups is 2. The number of ether oxygens (including phenoxy) is 2. The van der Waals surface area contributed by atoms with Gasteiger partial charge in [0.25, 0.3) is 0 Å². The van der Waals surface area contributed by atoms with Crippen LogP contribution in [0, 0.1) is 0 Å². The van der Waals surface area contributed by atoms with E-state index in [0.29, 0.717) is 44.0 Å². The van der Waals surface area contributed by atoms with Gasteiger partial charge in [-0.15, -0.1) is 0 Å². The number of phenols is 2. The predicted octanol–water partition coefficient (Wildman–Crippen LogP) is 7.68. The summed E-state index contributed by atoms with van der Waals surface area (Å²) in [5.74, 6) is -3.31. The maximum absolute atomic E-state index is 13.0. The van der Waals surface area contributed by atoms with Crippen LogP contribution in [0.3, 0.4) is 0 Å². The zero-order chi connectivity index (χ0) is 30.3. The van der Waals surface area contributed by atoms with E-state index in [1.807, 2.05) is 42.5 Å². The van der Waals surface area contributed by atoms with Crippen molar-refractivity contribution in [3.63, 3.8) is 0 Å². The van der Waals surface area contributed by atoms with Crippen molar-refractivity contribution in [1.82, 2.24) is 0 Å². The van der Waals surface area contributed by atoms with Crippen molar-refractivity contribution in [2.24, 2.45) is 0 Å². The van der Waals surface area contributed by atoms with Gasteiger partial charge < -0.3 is 19.7 Å². The van der Waals surface area contributed by atoms with Gasteiger partial charge >= 0.3 is 12.1 Å². The second-order valence-corrected chi connectivity index (χ2v) is 12.0. The van der Waals surface area contributed by atoms with E-state index < -0.39 is 35.7 Å². The summed E-state index contributed by atoms with van der Waals surface area (Å²) in [5, 5.41) is 19.7. The summed E-state index contributed by atoms with van der Waals surface area (Å²) in [7, 11) is -1.45. The van der Waals surface area contributed by atoms with Gasteiger partial charge in [-0.3, -0.25) is 4.21 Å². The molecule has 0 fully saturated rings. The Kier molecular flexibility index (Phi) is 10.3. The van der Waals surface area contributed by atoms with E-state index in [0.717, 1.165) is 16.7 Å². The molecular formula is C31H33F5O5S. The van der Waals surface area contributed by atoms with Gasteiger partial charge in [0.2, 0.25) is 0 Å². The Morgan fingerprint density at radius 2 is 1.55 bits per heavy atom. The molecule has 42 heavy (non-hydrogen) atoms. The van der Waals surface area contributed by atoms with Crippen molar-refractivity contribution >= 4 is 10.8 Å². The molecule has 0 aliphatic carbocycles. The maximum Gasteiger partial charge on any atom is 0.453 e. The van der Waals surface area contributed by atoms with E-state index in [9.17, 15) is 36.4 Å². The van der Waals surface area contributed by atoms with E-state index in [2.05, 4.69) is 0 Å². The SMILES string of the molecule is O=S(CCCCCOc1cccc(C2c3ccc(O)cc3OCC2c2ccc(O)cc2)c1)CCCC(F)(F)C(F)(F)F. The van der Waals surface area contributed by atoms with Gasteiger partial charge in [-0.05, 0) is 67.1 Å². The second-order valence-electron chi connectivity index (χ2n) is 10.3. The summed E-state index contributed by atoms with van der Waals surface area (Å²) < 4.78 is 86.6. The van der Waals surface area contributed by atoms with E-state index in [1.165, 1.54) is 0 Å². The maximum atomic E-state index is 13.0. The highest BCUT2D eigenvalue weighted by atomic mass is 32.2. The number of phenolic OH excluding ortho intramolecular Hbond substituents is 2. The van der Waals surface area contributed by atoms with Crippen LogP contribution in [0.1, 0.15) is 60.6 Å². The van der Waals surface area contributed by atoms with Gasteiger partial charge in [0.05, 0.1) is 13.2 Å². The summed E-state index contributed by atoms with van der Waals surface area (Å²) in [6.45, 7) is 0.774. The standard InChI is InChI=1S/C31H33F5O5S/c32-30(33,31(34,35)36)14-5-17-42(39)16-3-1-2-15-40-25-7-4-6-22(18-25)29-26-13-12-24(38)19-28(26)41-20-27(29)21-8-10-23(37)11-9-21/h4,6-13,18-19,27,29,37-38H,1-3,5,14-17,20H2. The molecule has 3 atom stereocenters. The summed E-state index contributed by atoms with van der Waals surface area (Å²) in [4.78, 5) is 0. The molecule has 2 N–H and O–H groups in total. The van der Waals surface area contributed by atoms with Crippen molar-refractivity contribution in [2.45, 2.75) is 56.0 Å². The topological polar surface area (TPSA) is 76.0 Å². The molecule has 0 aromatic heterocycles. The van der Waals surface area contributed by atoms with Gasteiger partial charge in [-0.1, -0.05) is 30.3 Å². The van der Waals surface area contributed by atoms with Gasteiger partial charge in [0, 0.05) is 52.2 Å². The van der Waals surface area contributed by atoms with Crippen LogP contribution >= 0.6 is 0 Å². The lowest BCUT2D eigenvalue weighted by Gasteiger charge is -2.34. The Balaban J connectivity index is 1.30. The van der Waals surface area contributed by atoms with Crippen molar-refractivity contribution < 1.29 is 45.8 Å². The van der Waals surface area contributed by atoms with Crippen molar-refractivity contribution in [3.8, 4) is 23.0 Å². The summed E-state index contributed by atoms with van der Waals surface area (Å²) in [6.07, 6.45) is -5.52. The lowest BCUT2D eigenvalue weighted by Crippen LogP contribution is -2.36. The van der Waals surface area contributed by atoms with E-state index in [-0.39, 0.29) is 34.8 Å². The highest BCUT2D eigenvalue weighted by Crippen LogP contribution is 2.47. The number of benzene rings is 3. The molecule has 228 valence electrons. The Bertz CT molecular complexity index is 1350. The summed E-state index contributed by atoms with van der Waals surface area (Å²) in [5.41, 5.74) is 2.91.